The van der Waals surface area contributed by atoms with E-state index in [0.717, 1.165) is 77.0 Å². The lowest BCUT2D eigenvalue weighted by Crippen LogP contribution is -2.39. The van der Waals surface area contributed by atoms with Gasteiger partial charge in [-0.15, -0.1) is 0 Å². The second-order valence-electron chi connectivity index (χ2n) is 9.26. The first kappa shape index (κ1) is 25.0. The molecule has 1 aromatic rings. The number of alkyl halides is 3. The van der Waals surface area contributed by atoms with Crippen LogP contribution in [0.15, 0.2) is 18.5 Å². The molecule has 2 aliphatic heterocycles. The maximum Gasteiger partial charge on any atom is 0.421 e. The van der Waals surface area contributed by atoms with Crippen molar-refractivity contribution in [2.75, 3.05) is 76.3 Å². The van der Waals surface area contributed by atoms with E-state index in [1.165, 1.54) is 0 Å². The maximum absolute atomic E-state index is 13.6. The predicted octanol–water partition coefficient (Wildman–Crippen LogP) is 3.20. The summed E-state index contributed by atoms with van der Waals surface area (Å²) in [6.07, 6.45) is 0.631. The normalized spacial score (nSPS) is 21.3. The molecular formula is C23H35F3N6O2. The van der Waals surface area contributed by atoms with Crippen LogP contribution in [0.2, 0.25) is 0 Å². The molecule has 3 heterocycles. The van der Waals surface area contributed by atoms with E-state index in [1.807, 2.05) is 0 Å². The number of aromatic nitrogens is 2. The predicted molar refractivity (Wildman–Crippen MR) is 124 cm³/mol. The molecule has 1 aromatic heterocycles. The van der Waals surface area contributed by atoms with Gasteiger partial charge >= 0.3 is 6.18 Å². The summed E-state index contributed by atoms with van der Waals surface area (Å²) in [4.78, 5) is 12.7. The largest absolute Gasteiger partial charge is 0.421 e. The van der Waals surface area contributed by atoms with Crippen molar-refractivity contribution in [3.05, 3.63) is 24.0 Å². The standard InChI is InChI=1S/C23H35F3N6O2/c1-18-3-13-33-16-12-32(18)8-2-7-27-20-19(23(24,25)26)17-28-21(29-20)30-22(4-5-22)6-9-31-10-14-34-15-11-31/h17H,1-16H2,(H2,27,28,29,30). The van der Waals surface area contributed by atoms with E-state index in [4.69, 9.17) is 9.47 Å². The van der Waals surface area contributed by atoms with E-state index >= 15 is 0 Å². The summed E-state index contributed by atoms with van der Waals surface area (Å²) >= 11 is 0. The van der Waals surface area contributed by atoms with Gasteiger partial charge in [-0.1, -0.05) is 6.58 Å². The Morgan fingerprint density at radius 2 is 1.79 bits per heavy atom. The molecule has 1 aliphatic carbocycles. The van der Waals surface area contributed by atoms with Crippen LogP contribution in [0.1, 0.15) is 37.7 Å². The van der Waals surface area contributed by atoms with Gasteiger partial charge < -0.3 is 25.0 Å². The van der Waals surface area contributed by atoms with Gasteiger partial charge in [0.2, 0.25) is 5.95 Å². The van der Waals surface area contributed by atoms with E-state index in [1.54, 1.807) is 0 Å². The van der Waals surface area contributed by atoms with Crippen molar-refractivity contribution < 1.29 is 22.6 Å². The molecule has 3 aliphatic rings. The molecule has 2 N–H and O–H groups in total. The SMILES string of the molecule is C=C1CCOCCN1CCCNc1nc(NC2(CCN3CCOCC3)CC2)ncc1C(F)(F)F. The second-order valence-corrected chi connectivity index (χ2v) is 9.26. The van der Waals surface area contributed by atoms with Gasteiger partial charge in [-0.25, -0.2) is 4.98 Å². The molecule has 34 heavy (non-hydrogen) atoms. The summed E-state index contributed by atoms with van der Waals surface area (Å²) in [6, 6.07) is 0. The molecule has 2 saturated heterocycles. The highest BCUT2D eigenvalue weighted by Crippen LogP contribution is 2.42. The number of rotatable bonds is 10. The molecule has 0 amide bonds. The Balaban J connectivity index is 1.33. The minimum absolute atomic E-state index is 0.134. The third-order valence-corrected chi connectivity index (χ3v) is 6.72. The molecule has 1 saturated carbocycles. The highest BCUT2D eigenvalue weighted by atomic mass is 19.4. The van der Waals surface area contributed by atoms with Crippen molar-refractivity contribution >= 4 is 11.8 Å². The van der Waals surface area contributed by atoms with E-state index in [-0.39, 0.29) is 17.3 Å². The molecule has 190 valence electrons. The Bertz CT molecular complexity index is 827. The topological polar surface area (TPSA) is 74.8 Å². The fourth-order valence-electron chi connectivity index (χ4n) is 4.34. The summed E-state index contributed by atoms with van der Waals surface area (Å²) in [5.74, 6) is 0.0695. The molecule has 4 rings (SSSR count). The van der Waals surface area contributed by atoms with Crippen LogP contribution >= 0.6 is 0 Å². The summed E-state index contributed by atoms with van der Waals surface area (Å²) in [7, 11) is 0. The lowest BCUT2D eigenvalue weighted by atomic mass is 10.1. The number of ether oxygens (including phenoxy) is 2. The lowest BCUT2D eigenvalue weighted by Gasteiger charge is -2.28. The zero-order chi connectivity index (χ0) is 24.0. The summed E-state index contributed by atoms with van der Waals surface area (Å²) < 4.78 is 51.5. The minimum Gasteiger partial charge on any atom is -0.379 e. The van der Waals surface area contributed by atoms with Crippen molar-refractivity contribution in [1.82, 2.24) is 19.8 Å². The Kier molecular flexibility index (Phi) is 8.15. The smallest absolute Gasteiger partial charge is 0.379 e. The van der Waals surface area contributed by atoms with Crippen LogP contribution in [0.25, 0.3) is 0 Å². The number of hydrogen-bond donors (Lipinski definition) is 2. The number of nitrogens with one attached hydrogen (secondary N) is 2. The minimum atomic E-state index is -4.52. The Morgan fingerprint density at radius 3 is 2.53 bits per heavy atom. The van der Waals surface area contributed by atoms with Gasteiger partial charge in [-0.3, -0.25) is 4.90 Å². The molecular weight excluding hydrogens is 449 g/mol. The first-order chi connectivity index (χ1) is 16.3. The van der Waals surface area contributed by atoms with E-state index in [0.29, 0.717) is 32.7 Å². The van der Waals surface area contributed by atoms with Crippen LogP contribution in [0.3, 0.4) is 0 Å². The van der Waals surface area contributed by atoms with Crippen LogP contribution in [0.5, 0.6) is 0 Å². The van der Waals surface area contributed by atoms with Gasteiger partial charge in [-0.05, 0) is 25.7 Å². The van der Waals surface area contributed by atoms with Crippen molar-refractivity contribution in [3.63, 3.8) is 0 Å². The molecule has 0 radical (unpaired) electrons. The molecule has 0 aromatic carbocycles. The third-order valence-electron chi connectivity index (χ3n) is 6.72. The van der Waals surface area contributed by atoms with Gasteiger partial charge in [0.05, 0.1) is 26.4 Å². The molecule has 0 atom stereocenters. The third kappa shape index (κ3) is 6.96. The first-order valence-corrected chi connectivity index (χ1v) is 12.1. The average Bonchev–Trinajstić information content (AvgIpc) is 3.60. The zero-order valence-electron chi connectivity index (χ0n) is 19.6. The monoisotopic (exact) mass is 484 g/mol. The Morgan fingerprint density at radius 1 is 1.06 bits per heavy atom. The van der Waals surface area contributed by atoms with Crippen LogP contribution in [-0.2, 0) is 15.7 Å². The van der Waals surface area contributed by atoms with Crippen LogP contribution < -0.4 is 10.6 Å². The lowest BCUT2D eigenvalue weighted by molar-refractivity contribution is -0.137. The summed E-state index contributed by atoms with van der Waals surface area (Å²) in [5, 5.41) is 6.22. The molecule has 3 fully saturated rings. The molecule has 0 bridgehead atoms. The number of hydrogen-bond acceptors (Lipinski definition) is 8. The Hall–Kier alpha value is -2.11. The number of anilines is 2. The maximum atomic E-state index is 13.6. The quantitative estimate of drug-likeness (QED) is 0.491. The van der Waals surface area contributed by atoms with E-state index < -0.39 is 11.7 Å². The van der Waals surface area contributed by atoms with Gasteiger partial charge in [0, 0.05) is 63.1 Å². The average molecular weight is 485 g/mol. The van der Waals surface area contributed by atoms with E-state index in [2.05, 4.69) is 37.0 Å². The second kappa shape index (κ2) is 11.1. The number of nitrogens with zero attached hydrogens (tertiary/aromatic N) is 4. The first-order valence-electron chi connectivity index (χ1n) is 12.1. The zero-order valence-corrected chi connectivity index (χ0v) is 19.6. The van der Waals surface area contributed by atoms with Gasteiger partial charge in [0.15, 0.2) is 0 Å². The van der Waals surface area contributed by atoms with Crippen molar-refractivity contribution in [1.29, 1.82) is 0 Å². The number of halogens is 3. The summed E-state index contributed by atoms with van der Waals surface area (Å²) in [5.41, 5.74) is 0.0301. The van der Waals surface area contributed by atoms with Gasteiger partial charge in [0.1, 0.15) is 11.4 Å². The van der Waals surface area contributed by atoms with Crippen molar-refractivity contribution in [3.8, 4) is 0 Å². The molecule has 0 spiro atoms. The summed E-state index contributed by atoms with van der Waals surface area (Å²) in [6.45, 7) is 11.4. The van der Waals surface area contributed by atoms with Crippen LogP contribution in [-0.4, -0.2) is 91.0 Å². The van der Waals surface area contributed by atoms with Crippen molar-refractivity contribution in [2.45, 2.75) is 43.8 Å². The van der Waals surface area contributed by atoms with Gasteiger partial charge in [0.25, 0.3) is 0 Å². The highest BCUT2D eigenvalue weighted by molar-refractivity contribution is 5.49. The molecule has 11 heteroatoms. The molecule has 8 nitrogen and oxygen atoms in total. The van der Waals surface area contributed by atoms with Crippen molar-refractivity contribution in [2.24, 2.45) is 0 Å². The highest BCUT2D eigenvalue weighted by Gasteiger charge is 2.43. The van der Waals surface area contributed by atoms with Crippen LogP contribution in [0.4, 0.5) is 24.9 Å². The van der Waals surface area contributed by atoms with Crippen LogP contribution in [0, 0.1) is 0 Å². The molecule has 0 unspecified atom stereocenters. The number of morpholine rings is 1. The fourth-order valence-corrected chi connectivity index (χ4v) is 4.34. The Labute approximate surface area is 198 Å². The van der Waals surface area contributed by atoms with E-state index in [9.17, 15) is 13.2 Å². The van der Waals surface area contributed by atoms with Gasteiger partial charge in [-0.2, -0.15) is 18.2 Å². The fraction of sp³-hybridized carbons (Fsp3) is 0.739.